The molecule has 4 nitrogen and oxygen atoms in total. The van der Waals surface area contributed by atoms with E-state index in [9.17, 15) is 19.3 Å². The molecule has 0 N–H and O–H groups in total. The number of ketones is 1. The van der Waals surface area contributed by atoms with Gasteiger partial charge in [0.05, 0.1) is 15.7 Å². The van der Waals surface area contributed by atoms with Crippen LogP contribution in [0.2, 0.25) is 0 Å². The minimum atomic E-state index is -0.639. The molecule has 2 rings (SSSR count). The van der Waals surface area contributed by atoms with Crippen LogP contribution in [0.3, 0.4) is 0 Å². The van der Waals surface area contributed by atoms with Gasteiger partial charge in [-0.3, -0.25) is 14.9 Å². The van der Waals surface area contributed by atoms with Gasteiger partial charge in [-0.15, -0.1) is 0 Å². The van der Waals surface area contributed by atoms with Crippen molar-refractivity contribution in [3.8, 4) is 0 Å². The van der Waals surface area contributed by atoms with Crippen LogP contribution < -0.4 is 0 Å². The molecule has 0 aliphatic carbocycles. The van der Waals surface area contributed by atoms with Crippen LogP contribution in [0.25, 0.3) is 0 Å². The Bertz CT molecular complexity index is 486. The predicted molar refractivity (Wildman–Crippen MR) is 67.5 cm³/mol. The van der Waals surface area contributed by atoms with Gasteiger partial charge in [0.15, 0.2) is 5.78 Å². The highest BCUT2D eigenvalue weighted by molar-refractivity contribution is 8.00. The monoisotopic (exact) mass is 269 g/mol. The number of benzene rings is 1. The maximum Gasteiger partial charge on any atom is 0.280 e. The summed E-state index contributed by atoms with van der Waals surface area (Å²) < 4.78 is 13.2. The lowest BCUT2D eigenvalue weighted by atomic mass is 10.0. The lowest BCUT2D eigenvalue weighted by Gasteiger charge is -2.19. The van der Waals surface area contributed by atoms with Crippen LogP contribution in [0.5, 0.6) is 0 Å². The Hall–Kier alpha value is -1.43. The lowest BCUT2D eigenvalue weighted by Crippen LogP contribution is -2.22. The molecule has 1 heterocycles. The van der Waals surface area contributed by atoms with E-state index in [4.69, 9.17) is 0 Å². The van der Waals surface area contributed by atoms with Crippen molar-refractivity contribution in [2.45, 2.75) is 24.5 Å². The van der Waals surface area contributed by atoms with Crippen molar-refractivity contribution in [2.75, 3.05) is 5.75 Å². The van der Waals surface area contributed by atoms with Crippen LogP contribution in [0, 0.1) is 15.9 Å². The van der Waals surface area contributed by atoms with Gasteiger partial charge in [-0.1, -0.05) is 6.42 Å². The van der Waals surface area contributed by atoms with Gasteiger partial charge in [0.2, 0.25) is 0 Å². The van der Waals surface area contributed by atoms with Crippen LogP contribution in [-0.4, -0.2) is 21.7 Å². The largest absolute Gasteiger partial charge is 0.293 e. The molecule has 18 heavy (non-hydrogen) atoms. The van der Waals surface area contributed by atoms with Gasteiger partial charge in [0, 0.05) is 6.07 Å². The highest BCUT2D eigenvalue weighted by atomic mass is 32.2. The molecule has 0 amide bonds. The number of rotatable bonds is 3. The van der Waals surface area contributed by atoms with E-state index in [1.54, 1.807) is 0 Å². The first-order valence-electron chi connectivity index (χ1n) is 5.69. The molecule has 1 fully saturated rings. The summed E-state index contributed by atoms with van der Waals surface area (Å²) in [4.78, 5) is 22.4. The molecule has 0 aromatic heterocycles. The molecule has 96 valence electrons. The van der Waals surface area contributed by atoms with Gasteiger partial charge in [-0.2, -0.15) is 11.8 Å². The third-order valence-corrected chi connectivity index (χ3v) is 4.27. The zero-order valence-corrected chi connectivity index (χ0v) is 10.4. The number of Topliss-reactive ketones (excluding diaryl/α,β-unsaturated/α-hetero) is 1. The first kappa shape index (κ1) is 13.0. The second kappa shape index (κ2) is 5.48. The van der Waals surface area contributed by atoms with Gasteiger partial charge in [-0.25, -0.2) is 4.39 Å². The van der Waals surface area contributed by atoms with Gasteiger partial charge in [-0.05, 0) is 30.7 Å². The second-order valence-corrected chi connectivity index (χ2v) is 5.45. The average Bonchev–Trinajstić information content (AvgIpc) is 2.38. The van der Waals surface area contributed by atoms with E-state index in [-0.39, 0.29) is 22.3 Å². The van der Waals surface area contributed by atoms with Gasteiger partial charge < -0.3 is 0 Å². The highest BCUT2D eigenvalue weighted by Gasteiger charge is 2.28. The summed E-state index contributed by atoms with van der Waals surface area (Å²) >= 11 is 1.50. The molecule has 1 aromatic rings. The van der Waals surface area contributed by atoms with E-state index in [2.05, 4.69) is 0 Å². The molecule has 0 radical (unpaired) electrons. The SMILES string of the molecule is O=C(c1cc(F)ccc1[N+](=O)[O-])C1CCCCS1. The third-order valence-electron chi connectivity index (χ3n) is 2.89. The normalized spacial score (nSPS) is 19.5. The van der Waals surface area contributed by atoms with E-state index < -0.39 is 10.7 Å². The first-order valence-corrected chi connectivity index (χ1v) is 6.74. The summed E-state index contributed by atoms with van der Waals surface area (Å²) in [5.74, 6) is -0.0739. The Morgan fingerprint density at radius 3 is 2.83 bits per heavy atom. The van der Waals surface area contributed by atoms with Crippen LogP contribution in [0.1, 0.15) is 29.6 Å². The molecule has 0 saturated carbocycles. The van der Waals surface area contributed by atoms with Gasteiger partial charge in [0.1, 0.15) is 5.82 Å². The van der Waals surface area contributed by atoms with Crippen LogP contribution >= 0.6 is 11.8 Å². The van der Waals surface area contributed by atoms with Crippen molar-refractivity contribution in [3.05, 3.63) is 39.7 Å². The molecule has 1 atom stereocenters. The molecule has 1 aromatic carbocycles. The first-order chi connectivity index (χ1) is 8.59. The van der Waals surface area contributed by atoms with E-state index in [0.717, 1.165) is 36.8 Å². The van der Waals surface area contributed by atoms with Crippen LogP contribution in [-0.2, 0) is 0 Å². The van der Waals surface area contributed by atoms with E-state index in [1.165, 1.54) is 11.8 Å². The summed E-state index contributed by atoms with van der Waals surface area (Å²) in [6, 6.07) is 3.02. The fourth-order valence-electron chi connectivity index (χ4n) is 1.99. The summed E-state index contributed by atoms with van der Waals surface area (Å²) in [6.45, 7) is 0. The Morgan fingerprint density at radius 2 is 2.22 bits per heavy atom. The molecule has 6 heteroatoms. The Kier molecular flexibility index (Phi) is 3.96. The number of nitrogens with zero attached hydrogens (tertiary/aromatic N) is 1. The third kappa shape index (κ3) is 2.69. The summed E-state index contributed by atoms with van der Waals surface area (Å²) in [5.41, 5.74) is -0.424. The molecule has 1 unspecified atom stereocenters. The molecule has 1 aliphatic rings. The molecular formula is C12H12FNO3S. The van der Waals surface area contributed by atoms with Crippen LogP contribution in [0.4, 0.5) is 10.1 Å². The van der Waals surface area contributed by atoms with Crippen molar-refractivity contribution < 1.29 is 14.1 Å². The van der Waals surface area contributed by atoms with Gasteiger partial charge in [0.25, 0.3) is 5.69 Å². The van der Waals surface area contributed by atoms with Crippen molar-refractivity contribution in [2.24, 2.45) is 0 Å². The fourth-order valence-corrected chi connectivity index (χ4v) is 3.25. The van der Waals surface area contributed by atoms with E-state index in [1.807, 2.05) is 0 Å². The second-order valence-electron chi connectivity index (χ2n) is 4.14. The topological polar surface area (TPSA) is 60.2 Å². The number of thioether (sulfide) groups is 1. The number of hydrogen-bond acceptors (Lipinski definition) is 4. The number of nitro benzene ring substituents is 1. The number of carbonyl (C=O) groups excluding carboxylic acids is 1. The smallest absolute Gasteiger partial charge is 0.280 e. The molecule has 1 saturated heterocycles. The summed E-state index contributed by atoms with van der Waals surface area (Å²) in [5, 5.41) is 10.6. The molecule has 0 spiro atoms. The predicted octanol–water partition coefficient (Wildman–Crippen LogP) is 3.20. The summed E-state index contributed by atoms with van der Waals surface area (Å²) in [7, 11) is 0. The van der Waals surface area contributed by atoms with E-state index >= 15 is 0 Å². The Morgan fingerprint density at radius 1 is 1.44 bits per heavy atom. The van der Waals surface area contributed by atoms with Crippen molar-refractivity contribution in [1.29, 1.82) is 0 Å². The van der Waals surface area contributed by atoms with E-state index in [0.29, 0.717) is 6.42 Å². The molecule has 1 aliphatic heterocycles. The average molecular weight is 269 g/mol. The quantitative estimate of drug-likeness (QED) is 0.480. The highest BCUT2D eigenvalue weighted by Crippen LogP contribution is 2.31. The molecule has 0 bridgehead atoms. The Labute approximate surface area is 108 Å². The van der Waals surface area contributed by atoms with Gasteiger partial charge >= 0.3 is 0 Å². The zero-order chi connectivity index (χ0) is 13.1. The number of carbonyl (C=O) groups is 1. The zero-order valence-electron chi connectivity index (χ0n) is 9.60. The maximum atomic E-state index is 13.2. The number of hydrogen-bond donors (Lipinski definition) is 0. The minimum absolute atomic E-state index is 0.112. The van der Waals surface area contributed by atoms with Crippen LogP contribution in [0.15, 0.2) is 18.2 Å². The molecular weight excluding hydrogens is 257 g/mol. The summed E-state index contributed by atoms with van der Waals surface area (Å²) in [6.07, 6.45) is 2.70. The fraction of sp³-hybridized carbons (Fsp3) is 0.417. The number of halogens is 1. The maximum absolute atomic E-state index is 13.2. The lowest BCUT2D eigenvalue weighted by molar-refractivity contribution is -0.385. The number of nitro groups is 1. The van der Waals surface area contributed by atoms with Crippen molar-refractivity contribution >= 4 is 23.2 Å². The van der Waals surface area contributed by atoms with Crippen molar-refractivity contribution in [3.63, 3.8) is 0 Å². The minimum Gasteiger partial charge on any atom is -0.293 e. The van der Waals surface area contributed by atoms with Crippen molar-refractivity contribution in [1.82, 2.24) is 0 Å². The Balaban J connectivity index is 2.33. The standard InChI is InChI=1S/C12H12FNO3S/c13-8-4-5-10(14(16)17)9(7-8)12(15)11-3-1-2-6-18-11/h4-5,7,11H,1-3,6H2.